The summed E-state index contributed by atoms with van der Waals surface area (Å²) in [7, 11) is 3.92. The van der Waals surface area contributed by atoms with E-state index in [1.54, 1.807) is 12.3 Å². The zero-order valence-corrected chi connectivity index (χ0v) is 12.6. The van der Waals surface area contributed by atoms with Gasteiger partial charge in [-0.05, 0) is 36.8 Å². The van der Waals surface area contributed by atoms with Gasteiger partial charge in [0.15, 0.2) is 17.3 Å². The van der Waals surface area contributed by atoms with Crippen LogP contribution in [0, 0.1) is 0 Å². The van der Waals surface area contributed by atoms with Gasteiger partial charge in [-0.2, -0.15) is 0 Å². The number of hydrogen-bond donors (Lipinski definition) is 2. The Balaban J connectivity index is 2.11. The molecule has 2 rings (SSSR count). The molecule has 5 nitrogen and oxygen atoms in total. The number of nitrogens with one attached hydrogen (secondary N) is 1. The fourth-order valence-electron chi connectivity index (χ4n) is 2.03. The highest BCUT2D eigenvalue weighted by molar-refractivity contribution is 5.64. The Morgan fingerprint density at radius 2 is 2.10 bits per heavy atom. The Morgan fingerprint density at radius 3 is 2.81 bits per heavy atom. The van der Waals surface area contributed by atoms with E-state index in [9.17, 15) is 5.11 Å². The highest BCUT2D eigenvalue weighted by Crippen LogP contribution is 2.28. The van der Waals surface area contributed by atoms with E-state index in [1.807, 2.05) is 50.2 Å². The summed E-state index contributed by atoms with van der Waals surface area (Å²) in [4.78, 5) is 6.31. The van der Waals surface area contributed by atoms with E-state index in [0.717, 1.165) is 17.1 Å². The van der Waals surface area contributed by atoms with Crippen LogP contribution >= 0.6 is 0 Å². The molecule has 0 aliphatic heterocycles. The summed E-state index contributed by atoms with van der Waals surface area (Å²) >= 11 is 0. The van der Waals surface area contributed by atoms with Gasteiger partial charge >= 0.3 is 0 Å². The second kappa shape index (κ2) is 6.83. The van der Waals surface area contributed by atoms with Crippen LogP contribution in [0.4, 0.5) is 11.5 Å². The molecular formula is C16H21N3O2. The maximum Gasteiger partial charge on any atom is 0.161 e. The van der Waals surface area contributed by atoms with Crippen LogP contribution in [-0.4, -0.2) is 30.8 Å². The standard InChI is InChI=1S/C16H21N3O2/c1-4-21-15-10-12(7-8-14(15)20)11-18-13-6-5-9-17-16(13)19(2)3/h5-10,18,20H,4,11H2,1-3H3. The van der Waals surface area contributed by atoms with Crippen molar-refractivity contribution < 1.29 is 9.84 Å². The van der Waals surface area contributed by atoms with E-state index in [0.29, 0.717) is 18.9 Å². The number of aromatic hydroxyl groups is 1. The van der Waals surface area contributed by atoms with Gasteiger partial charge in [-0.3, -0.25) is 0 Å². The Bertz CT molecular complexity index is 600. The monoisotopic (exact) mass is 287 g/mol. The van der Waals surface area contributed by atoms with Gasteiger partial charge in [0.25, 0.3) is 0 Å². The topological polar surface area (TPSA) is 57.6 Å². The normalized spacial score (nSPS) is 10.2. The molecule has 0 saturated heterocycles. The molecule has 1 aromatic heterocycles. The molecule has 0 atom stereocenters. The van der Waals surface area contributed by atoms with Gasteiger partial charge in [0.2, 0.25) is 0 Å². The molecule has 2 aromatic rings. The van der Waals surface area contributed by atoms with Crippen molar-refractivity contribution in [3.8, 4) is 11.5 Å². The van der Waals surface area contributed by atoms with Crippen molar-refractivity contribution in [3.05, 3.63) is 42.1 Å². The molecule has 0 aliphatic rings. The predicted molar refractivity (Wildman–Crippen MR) is 85.2 cm³/mol. The van der Waals surface area contributed by atoms with E-state index in [1.165, 1.54) is 0 Å². The van der Waals surface area contributed by atoms with Gasteiger partial charge in [-0.15, -0.1) is 0 Å². The number of nitrogens with zero attached hydrogens (tertiary/aromatic N) is 2. The quantitative estimate of drug-likeness (QED) is 0.855. The number of pyridine rings is 1. The smallest absolute Gasteiger partial charge is 0.161 e. The van der Waals surface area contributed by atoms with Crippen molar-refractivity contribution in [1.82, 2.24) is 4.98 Å². The summed E-state index contributed by atoms with van der Waals surface area (Å²) in [6, 6.07) is 9.26. The Morgan fingerprint density at radius 1 is 1.29 bits per heavy atom. The molecule has 0 fully saturated rings. The Labute approximate surface area is 125 Å². The molecule has 21 heavy (non-hydrogen) atoms. The Hall–Kier alpha value is -2.43. The third-order valence-electron chi connectivity index (χ3n) is 3.02. The number of hydrogen-bond acceptors (Lipinski definition) is 5. The molecule has 0 bridgehead atoms. The SMILES string of the molecule is CCOc1cc(CNc2cccnc2N(C)C)ccc1O. The summed E-state index contributed by atoms with van der Waals surface area (Å²) in [5.74, 6) is 1.56. The lowest BCUT2D eigenvalue weighted by molar-refractivity contribution is 0.318. The largest absolute Gasteiger partial charge is 0.504 e. The average Bonchev–Trinajstić information content (AvgIpc) is 2.48. The van der Waals surface area contributed by atoms with E-state index < -0.39 is 0 Å². The van der Waals surface area contributed by atoms with E-state index >= 15 is 0 Å². The summed E-state index contributed by atoms with van der Waals surface area (Å²) in [5.41, 5.74) is 2.00. The van der Waals surface area contributed by atoms with Crippen LogP contribution in [0.2, 0.25) is 0 Å². The summed E-state index contributed by atoms with van der Waals surface area (Å²) < 4.78 is 5.39. The molecule has 1 heterocycles. The minimum atomic E-state index is 0.163. The van der Waals surface area contributed by atoms with Crippen LogP contribution < -0.4 is 15.0 Å². The minimum Gasteiger partial charge on any atom is -0.504 e. The number of anilines is 2. The molecule has 2 N–H and O–H groups in total. The van der Waals surface area contributed by atoms with Crippen LogP contribution in [0.3, 0.4) is 0 Å². The van der Waals surface area contributed by atoms with E-state index in [4.69, 9.17) is 4.74 Å². The van der Waals surface area contributed by atoms with Crippen LogP contribution in [0.5, 0.6) is 11.5 Å². The van der Waals surface area contributed by atoms with Crippen molar-refractivity contribution in [1.29, 1.82) is 0 Å². The van der Waals surface area contributed by atoms with Crippen LogP contribution in [0.25, 0.3) is 0 Å². The molecule has 0 aliphatic carbocycles. The van der Waals surface area contributed by atoms with Gasteiger partial charge in [0, 0.05) is 26.8 Å². The number of ether oxygens (including phenoxy) is 1. The van der Waals surface area contributed by atoms with Crippen LogP contribution in [0.1, 0.15) is 12.5 Å². The average molecular weight is 287 g/mol. The number of rotatable bonds is 6. The lowest BCUT2D eigenvalue weighted by Crippen LogP contribution is -2.13. The van der Waals surface area contributed by atoms with Gasteiger partial charge in [-0.25, -0.2) is 4.98 Å². The van der Waals surface area contributed by atoms with E-state index in [-0.39, 0.29) is 5.75 Å². The first-order valence-electron chi connectivity index (χ1n) is 6.92. The summed E-state index contributed by atoms with van der Waals surface area (Å²) in [6.07, 6.45) is 1.77. The highest BCUT2D eigenvalue weighted by Gasteiger charge is 2.07. The number of benzene rings is 1. The van der Waals surface area contributed by atoms with Gasteiger partial charge in [-0.1, -0.05) is 6.07 Å². The Kier molecular flexibility index (Phi) is 4.87. The predicted octanol–water partition coefficient (Wildman–Crippen LogP) is 2.86. The minimum absolute atomic E-state index is 0.163. The first kappa shape index (κ1) is 15.0. The molecule has 5 heteroatoms. The summed E-state index contributed by atoms with van der Waals surface area (Å²) in [5, 5.41) is 13.1. The van der Waals surface area contributed by atoms with Crippen molar-refractivity contribution in [3.63, 3.8) is 0 Å². The number of phenolic OH excluding ortho intramolecular Hbond substituents is 1. The molecule has 0 spiro atoms. The second-order valence-electron chi connectivity index (χ2n) is 4.86. The van der Waals surface area contributed by atoms with Gasteiger partial charge < -0.3 is 20.1 Å². The molecule has 0 amide bonds. The van der Waals surface area contributed by atoms with Gasteiger partial charge in [0.05, 0.1) is 12.3 Å². The van der Waals surface area contributed by atoms with Crippen LogP contribution in [0.15, 0.2) is 36.5 Å². The summed E-state index contributed by atoms with van der Waals surface area (Å²) in [6.45, 7) is 3.05. The van der Waals surface area contributed by atoms with Crippen molar-refractivity contribution in [2.24, 2.45) is 0 Å². The van der Waals surface area contributed by atoms with E-state index in [2.05, 4.69) is 10.3 Å². The highest BCUT2D eigenvalue weighted by atomic mass is 16.5. The number of aromatic nitrogens is 1. The molecule has 1 aromatic carbocycles. The van der Waals surface area contributed by atoms with Crippen molar-refractivity contribution >= 4 is 11.5 Å². The number of phenols is 1. The fraction of sp³-hybridized carbons (Fsp3) is 0.312. The molecular weight excluding hydrogens is 266 g/mol. The third-order valence-corrected chi connectivity index (χ3v) is 3.02. The van der Waals surface area contributed by atoms with Crippen molar-refractivity contribution in [2.45, 2.75) is 13.5 Å². The molecule has 0 radical (unpaired) electrons. The zero-order valence-electron chi connectivity index (χ0n) is 12.6. The first-order valence-corrected chi connectivity index (χ1v) is 6.92. The lowest BCUT2D eigenvalue weighted by Gasteiger charge is -2.17. The lowest BCUT2D eigenvalue weighted by atomic mass is 10.2. The first-order chi connectivity index (χ1) is 10.1. The maximum absolute atomic E-state index is 9.71. The third kappa shape index (κ3) is 3.78. The molecule has 112 valence electrons. The fourth-order valence-corrected chi connectivity index (χ4v) is 2.03. The maximum atomic E-state index is 9.71. The second-order valence-corrected chi connectivity index (χ2v) is 4.86. The zero-order chi connectivity index (χ0) is 15.2. The van der Waals surface area contributed by atoms with Gasteiger partial charge in [0.1, 0.15) is 0 Å². The van der Waals surface area contributed by atoms with Crippen LogP contribution in [-0.2, 0) is 6.54 Å². The molecule has 0 saturated carbocycles. The molecule has 0 unspecified atom stereocenters. The van der Waals surface area contributed by atoms with Crippen molar-refractivity contribution in [2.75, 3.05) is 30.9 Å².